The Balaban J connectivity index is 1.93. The lowest BCUT2D eigenvalue weighted by atomic mass is 10.0. The largest absolute Gasteiger partial charge is 0.0885 e. The summed E-state index contributed by atoms with van der Waals surface area (Å²) in [6, 6.07) is 16.7. The molecule has 0 N–H and O–H groups in total. The van der Waals surface area contributed by atoms with E-state index in [4.69, 9.17) is 11.6 Å². The minimum atomic E-state index is 0.776. The van der Waals surface area contributed by atoms with Crippen molar-refractivity contribution in [3.63, 3.8) is 0 Å². The molecule has 0 amide bonds. The van der Waals surface area contributed by atoms with Crippen LogP contribution in [-0.4, -0.2) is 0 Å². The first-order chi connectivity index (χ1) is 10.3. The molecule has 0 aliphatic heterocycles. The van der Waals surface area contributed by atoms with Crippen LogP contribution >= 0.6 is 11.6 Å². The third kappa shape index (κ3) is 5.24. The average Bonchev–Trinajstić information content (AvgIpc) is 2.52. The van der Waals surface area contributed by atoms with Crippen molar-refractivity contribution in [2.24, 2.45) is 0 Å². The molecular weight excluding hydrogens is 276 g/mol. The number of allylic oxidation sites excluding steroid dienone is 4. The molecule has 0 atom stereocenters. The molecule has 0 spiro atoms. The van der Waals surface area contributed by atoms with Gasteiger partial charge in [0.15, 0.2) is 0 Å². The number of benzene rings is 2. The maximum absolute atomic E-state index is 5.91. The maximum atomic E-state index is 5.91. The summed E-state index contributed by atoms with van der Waals surface area (Å²) in [4.78, 5) is 0. The van der Waals surface area contributed by atoms with Crippen LogP contribution in [0.1, 0.15) is 25.3 Å². The van der Waals surface area contributed by atoms with Gasteiger partial charge in [-0.25, -0.2) is 0 Å². The molecule has 2 aromatic rings. The normalized spacial score (nSPS) is 11.5. The van der Waals surface area contributed by atoms with Crippen LogP contribution in [0.15, 0.2) is 72.8 Å². The second-order valence-corrected chi connectivity index (χ2v) is 5.43. The highest BCUT2D eigenvalue weighted by atomic mass is 35.5. The van der Waals surface area contributed by atoms with E-state index in [1.165, 1.54) is 16.7 Å². The van der Waals surface area contributed by atoms with Crippen LogP contribution in [0.2, 0.25) is 5.02 Å². The molecule has 0 radical (unpaired) electrons. The van der Waals surface area contributed by atoms with Crippen molar-refractivity contribution >= 4 is 11.6 Å². The molecular formula is C20H21Cl. The van der Waals surface area contributed by atoms with Crippen LogP contribution in [0.5, 0.6) is 0 Å². The van der Waals surface area contributed by atoms with E-state index in [1.807, 2.05) is 12.1 Å². The SMILES string of the molecule is CC/C=C/C/C=C\Cc1ccc(-c2ccc(Cl)cc2)cc1. The Bertz CT molecular complexity index is 589. The third-order valence-corrected chi connectivity index (χ3v) is 3.58. The molecule has 0 saturated heterocycles. The molecule has 0 heterocycles. The fourth-order valence-electron chi connectivity index (χ4n) is 2.13. The summed E-state index contributed by atoms with van der Waals surface area (Å²) < 4.78 is 0. The summed E-state index contributed by atoms with van der Waals surface area (Å²) in [5.74, 6) is 0. The Kier molecular flexibility index (Phi) is 6.30. The maximum Gasteiger partial charge on any atom is 0.0406 e. The van der Waals surface area contributed by atoms with E-state index in [-0.39, 0.29) is 0 Å². The van der Waals surface area contributed by atoms with Crippen LogP contribution in [0.3, 0.4) is 0 Å². The highest BCUT2D eigenvalue weighted by Gasteiger charge is 1.97. The molecule has 0 unspecified atom stereocenters. The van der Waals surface area contributed by atoms with Gasteiger partial charge in [0.05, 0.1) is 0 Å². The Morgan fingerprint density at radius 1 is 0.762 bits per heavy atom. The number of halogens is 1. The highest BCUT2D eigenvalue weighted by Crippen LogP contribution is 2.22. The molecule has 0 aliphatic rings. The molecule has 0 aromatic heterocycles. The minimum Gasteiger partial charge on any atom is -0.0885 e. The lowest BCUT2D eigenvalue weighted by molar-refractivity contribution is 1.19. The Hall–Kier alpha value is -1.79. The van der Waals surface area contributed by atoms with Crippen molar-refractivity contribution in [2.75, 3.05) is 0 Å². The van der Waals surface area contributed by atoms with Gasteiger partial charge in [-0.2, -0.15) is 0 Å². The summed E-state index contributed by atoms with van der Waals surface area (Å²) in [5, 5.41) is 0.776. The molecule has 1 heteroatoms. The van der Waals surface area contributed by atoms with Gasteiger partial charge in [-0.05, 0) is 48.1 Å². The van der Waals surface area contributed by atoms with Crippen LogP contribution in [0, 0.1) is 0 Å². The topological polar surface area (TPSA) is 0 Å². The third-order valence-electron chi connectivity index (χ3n) is 3.33. The van der Waals surface area contributed by atoms with E-state index in [0.717, 1.165) is 24.3 Å². The first-order valence-corrected chi connectivity index (χ1v) is 7.82. The monoisotopic (exact) mass is 296 g/mol. The van der Waals surface area contributed by atoms with Crippen molar-refractivity contribution in [1.29, 1.82) is 0 Å². The van der Waals surface area contributed by atoms with Crippen LogP contribution < -0.4 is 0 Å². The van der Waals surface area contributed by atoms with Gasteiger partial charge in [0.25, 0.3) is 0 Å². The molecule has 0 aliphatic carbocycles. The Labute approximate surface area is 132 Å². The minimum absolute atomic E-state index is 0.776. The van der Waals surface area contributed by atoms with Gasteiger partial charge < -0.3 is 0 Å². The van der Waals surface area contributed by atoms with Gasteiger partial charge in [0.1, 0.15) is 0 Å². The first-order valence-electron chi connectivity index (χ1n) is 7.44. The summed E-state index contributed by atoms with van der Waals surface area (Å²) in [6.45, 7) is 2.16. The first kappa shape index (κ1) is 15.6. The predicted molar refractivity (Wildman–Crippen MR) is 93.8 cm³/mol. The zero-order valence-electron chi connectivity index (χ0n) is 12.4. The van der Waals surface area contributed by atoms with Crippen LogP contribution in [0.4, 0.5) is 0 Å². The van der Waals surface area contributed by atoms with Crippen molar-refractivity contribution < 1.29 is 0 Å². The van der Waals surface area contributed by atoms with Crippen molar-refractivity contribution in [3.05, 3.63) is 83.4 Å². The predicted octanol–water partition coefficient (Wildman–Crippen LogP) is 6.46. The number of hydrogen-bond donors (Lipinski definition) is 0. The van der Waals surface area contributed by atoms with Gasteiger partial charge in [-0.1, -0.05) is 79.2 Å². The molecule has 108 valence electrons. The van der Waals surface area contributed by atoms with E-state index < -0.39 is 0 Å². The summed E-state index contributed by atoms with van der Waals surface area (Å²) >= 11 is 5.91. The molecule has 0 bridgehead atoms. The molecule has 0 fully saturated rings. The van der Waals surface area contributed by atoms with Crippen LogP contribution in [-0.2, 0) is 6.42 Å². The van der Waals surface area contributed by atoms with Crippen molar-refractivity contribution in [1.82, 2.24) is 0 Å². The van der Waals surface area contributed by atoms with Gasteiger partial charge in [0.2, 0.25) is 0 Å². The van der Waals surface area contributed by atoms with Crippen LogP contribution in [0.25, 0.3) is 11.1 Å². The number of hydrogen-bond acceptors (Lipinski definition) is 0. The highest BCUT2D eigenvalue weighted by molar-refractivity contribution is 6.30. The fraction of sp³-hybridized carbons (Fsp3) is 0.200. The fourth-order valence-corrected chi connectivity index (χ4v) is 2.26. The van der Waals surface area contributed by atoms with Gasteiger partial charge in [0, 0.05) is 5.02 Å². The zero-order chi connectivity index (χ0) is 14.9. The van der Waals surface area contributed by atoms with E-state index in [2.05, 4.69) is 67.6 Å². The van der Waals surface area contributed by atoms with E-state index in [0.29, 0.717) is 0 Å². The Morgan fingerprint density at radius 3 is 1.95 bits per heavy atom. The molecule has 0 saturated carbocycles. The van der Waals surface area contributed by atoms with E-state index in [9.17, 15) is 0 Å². The summed E-state index contributed by atoms with van der Waals surface area (Å²) in [5.41, 5.74) is 3.76. The average molecular weight is 297 g/mol. The molecule has 2 aromatic carbocycles. The quantitative estimate of drug-likeness (QED) is 0.536. The lowest BCUT2D eigenvalue weighted by Crippen LogP contribution is -1.82. The number of rotatable bonds is 6. The molecule has 2 rings (SSSR count). The van der Waals surface area contributed by atoms with Crippen molar-refractivity contribution in [2.45, 2.75) is 26.2 Å². The van der Waals surface area contributed by atoms with Crippen molar-refractivity contribution in [3.8, 4) is 11.1 Å². The zero-order valence-corrected chi connectivity index (χ0v) is 13.2. The second-order valence-electron chi connectivity index (χ2n) is 4.99. The van der Waals surface area contributed by atoms with Gasteiger partial charge in [-0.15, -0.1) is 0 Å². The van der Waals surface area contributed by atoms with Gasteiger partial charge in [-0.3, -0.25) is 0 Å². The Morgan fingerprint density at radius 2 is 1.33 bits per heavy atom. The van der Waals surface area contributed by atoms with E-state index in [1.54, 1.807) is 0 Å². The standard InChI is InChI=1S/C20H21Cl/c1-2-3-4-5-6-7-8-17-9-11-18(12-10-17)19-13-15-20(21)16-14-19/h3-4,6-7,9-16H,2,5,8H2,1H3/b4-3+,7-6-. The smallest absolute Gasteiger partial charge is 0.0406 e. The lowest BCUT2D eigenvalue weighted by Gasteiger charge is -2.03. The molecule has 0 nitrogen and oxygen atoms in total. The summed E-state index contributed by atoms with van der Waals surface area (Å²) in [7, 11) is 0. The van der Waals surface area contributed by atoms with E-state index >= 15 is 0 Å². The van der Waals surface area contributed by atoms with Gasteiger partial charge >= 0.3 is 0 Å². The molecule has 21 heavy (non-hydrogen) atoms. The second kappa shape index (κ2) is 8.49. The summed E-state index contributed by atoms with van der Waals surface area (Å²) in [6.07, 6.45) is 12.0.